The fraction of sp³-hybridized carbons (Fsp3) is 0.474. The molecule has 0 fully saturated rings. The fourth-order valence-electron chi connectivity index (χ4n) is 2.38. The van der Waals surface area contributed by atoms with Crippen molar-refractivity contribution in [2.45, 2.75) is 26.2 Å². The number of hydrogen-bond donors (Lipinski definition) is 1. The molecule has 24 heavy (non-hydrogen) atoms. The van der Waals surface area contributed by atoms with E-state index in [0.29, 0.717) is 0 Å². The summed E-state index contributed by atoms with van der Waals surface area (Å²) < 4.78 is 5.10. The first kappa shape index (κ1) is 18.2. The van der Waals surface area contributed by atoms with Gasteiger partial charge >= 0.3 is 0 Å². The van der Waals surface area contributed by atoms with Crippen molar-refractivity contribution in [3.05, 3.63) is 36.4 Å². The SMILES string of the molecule is CCCCN(C)c1cc(NCCCOC)nc(-c2ccccc2)n1. The topological polar surface area (TPSA) is 50.3 Å². The molecule has 0 aliphatic carbocycles. The molecule has 1 N–H and O–H groups in total. The summed E-state index contributed by atoms with van der Waals surface area (Å²) in [7, 11) is 3.81. The number of rotatable bonds is 10. The zero-order chi connectivity index (χ0) is 17.2. The van der Waals surface area contributed by atoms with Gasteiger partial charge in [0.1, 0.15) is 11.6 Å². The molecule has 2 aromatic rings. The van der Waals surface area contributed by atoms with E-state index in [2.05, 4.69) is 29.2 Å². The monoisotopic (exact) mass is 328 g/mol. The lowest BCUT2D eigenvalue weighted by molar-refractivity contribution is 0.198. The van der Waals surface area contributed by atoms with E-state index in [1.807, 2.05) is 36.4 Å². The van der Waals surface area contributed by atoms with Crippen LogP contribution >= 0.6 is 0 Å². The van der Waals surface area contributed by atoms with Gasteiger partial charge in [0.25, 0.3) is 0 Å². The first-order valence-electron chi connectivity index (χ1n) is 8.63. The van der Waals surface area contributed by atoms with Crippen molar-refractivity contribution < 1.29 is 4.74 Å². The highest BCUT2D eigenvalue weighted by Gasteiger charge is 2.10. The third-order valence-electron chi connectivity index (χ3n) is 3.81. The number of aromatic nitrogens is 2. The molecule has 2 rings (SSSR count). The minimum Gasteiger partial charge on any atom is -0.385 e. The van der Waals surface area contributed by atoms with Crippen LogP contribution in [0.5, 0.6) is 0 Å². The number of unbranched alkanes of at least 4 members (excludes halogenated alkanes) is 1. The molecule has 0 bridgehead atoms. The molecule has 1 aromatic carbocycles. The van der Waals surface area contributed by atoms with Crippen molar-refractivity contribution in [2.24, 2.45) is 0 Å². The van der Waals surface area contributed by atoms with Crippen molar-refractivity contribution in [1.29, 1.82) is 0 Å². The molecule has 0 radical (unpaired) electrons. The van der Waals surface area contributed by atoms with Crippen LogP contribution in [-0.4, -0.2) is 43.8 Å². The van der Waals surface area contributed by atoms with Crippen LogP contribution < -0.4 is 10.2 Å². The number of anilines is 2. The average Bonchev–Trinajstić information content (AvgIpc) is 2.63. The highest BCUT2D eigenvalue weighted by molar-refractivity contribution is 5.61. The smallest absolute Gasteiger partial charge is 0.163 e. The zero-order valence-corrected chi connectivity index (χ0v) is 15.0. The Labute approximate surface area is 145 Å². The molecule has 0 amide bonds. The highest BCUT2D eigenvalue weighted by atomic mass is 16.5. The van der Waals surface area contributed by atoms with Crippen molar-refractivity contribution in [3.8, 4) is 11.4 Å². The number of benzene rings is 1. The number of nitrogens with zero attached hydrogens (tertiary/aromatic N) is 3. The van der Waals surface area contributed by atoms with Crippen LogP contribution in [0.25, 0.3) is 11.4 Å². The van der Waals surface area contributed by atoms with Crippen LogP contribution in [0.3, 0.4) is 0 Å². The van der Waals surface area contributed by atoms with E-state index < -0.39 is 0 Å². The maximum Gasteiger partial charge on any atom is 0.163 e. The van der Waals surface area contributed by atoms with E-state index in [1.165, 1.54) is 6.42 Å². The van der Waals surface area contributed by atoms with Crippen molar-refractivity contribution in [1.82, 2.24) is 9.97 Å². The Hall–Kier alpha value is -2.14. The lowest BCUT2D eigenvalue weighted by Crippen LogP contribution is -2.20. The van der Waals surface area contributed by atoms with Gasteiger partial charge in [-0.05, 0) is 12.8 Å². The van der Waals surface area contributed by atoms with Crippen molar-refractivity contribution >= 4 is 11.6 Å². The Morgan fingerprint density at radius 1 is 1.12 bits per heavy atom. The molecular weight excluding hydrogens is 300 g/mol. The van der Waals surface area contributed by atoms with E-state index in [0.717, 1.165) is 55.6 Å². The predicted molar refractivity (Wildman–Crippen MR) is 101 cm³/mol. The first-order valence-corrected chi connectivity index (χ1v) is 8.63. The van der Waals surface area contributed by atoms with Gasteiger partial charge in [0.2, 0.25) is 0 Å². The molecule has 130 valence electrons. The fourth-order valence-corrected chi connectivity index (χ4v) is 2.38. The summed E-state index contributed by atoms with van der Waals surface area (Å²) in [5, 5.41) is 3.38. The van der Waals surface area contributed by atoms with Gasteiger partial charge < -0.3 is 15.0 Å². The van der Waals surface area contributed by atoms with Gasteiger partial charge in [0.15, 0.2) is 5.82 Å². The molecule has 0 saturated heterocycles. The van der Waals surface area contributed by atoms with E-state index in [1.54, 1.807) is 7.11 Å². The van der Waals surface area contributed by atoms with Crippen molar-refractivity contribution in [3.63, 3.8) is 0 Å². The standard InChI is InChI=1S/C19H28N4O/c1-4-5-13-23(2)18-15-17(20-12-9-14-24-3)21-19(22-18)16-10-7-6-8-11-16/h6-8,10-11,15H,4-5,9,12-14H2,1-3H3,(H,20,21,22). The van der Waals surface area contributed by atoms with Crippen LogP contribution in [0.1, 0.15) is 26.2 Å². The normalized spacial score (nSPS) is 10.6. The van der Waals surface area contributed by atoms with Crippen LogP contribution in [0.15, 0.2) is 36.4 Å². The predicted octanol–water partition coefficient (Wildman–Crippen LogP) is 3.83. The quantitative estimate of drug-likeness (QED) is 0.672. The zero-order valence-electron chi connectivity index (χ0n) is 15.0. The van der Waals surface area contributed by atoms with Gasteiger partial charge in [0, 0.05) is 45.5 Å². The maximum absolute atomic E-state index is 5.10. The van der Waals surface area contributed by atoms with Gasteiger partial charge in [-0.2, -0.15) is 0 Å². The van der Waals surface area contributed by atoms with Crippen LogP contribution in [-0.2, 0) is 4.74 Å². The molecule has 0 unspecified atom stereocenters. The molecule has 0 spiro atoms. The summed E-state index contributed by atoms with van der Waals surface area (Å²) in [6.07, 6.45) is 3.27. The maximum atomic E-state index is 5.10. The van der Waals surface area contributed by atoms with Gasteiger partial charge in [-0.1, -0.05) is 43.7 Å². The lowest BCUT2D eigenvalue weighted by Gasteiger charge is -2.19. The largest absolute Gasteiger partial charge is 0.385 e. The van der Waals surface area contributed by atoms with E-state index in [9.17, 15) is 0 Å². The average molecular weight is 328 g/mol. The van der Waals surface area contributed by atoms with E-state index in [4.69, 9.17) is 9.72 Å². The Morgan fingerprint density at radius 3 is 2.62 bits per heavy atom. The number of nitrogens with one attached hydrogen (secondary N) is 1. The van der Waals surface area contributed by atoms with Crippen LogP contribution in [0.2, 0.25) is 0 Å². The van der Waals surface area contributed by atoms with Crippen LogP contribution in [0, 0.1) is 0 Å². The number of methoxy groups -OCH3 is 1. The summed E-state index contributed by atoms with van der Waals surface area (Å²) in [5.74, 6) is 2.57. The second-order valence-electron chi connectivity index (χ2n) is 5.85. The number of hydrogen-bond acceptors (Lipinski definition) is 5. The first-order chi connectivity index (χ1) is 11.7. The summed E-state index contributed by atoms with van der Waals surface area (Å²) >= 11 is 0. The van der Waals surface area contributed by atoms with E-state index in [-0.39, 0.29) is 0 Å². The molecule has 0 aliphatic heterocycles. The minimum atomic E-state index is 0.743. The Morgan fingerprint density at radius 2 is 1.92 bits per heavy atom. The third-order valence-corrected chi connectivity index (χ3v) is 3.81. The van der Waals surface area contributed by atoms with Crippen molar-refractivity contribution in [2.75, 3.05) is 44.1 Å². The molecule has 0 atom stereocenters. The van der Waals surface area contributed by atoms with Gasteiger partial charge in [-0.15, -0.1) is 0 Å². The number of ether oxygens (including phenoxy) is 1. The molecule has 1 aromatic heterocycles. The summed E-state index contributed by atoms with van der Waals surface area (Å²) in [5.41, 5.74) is 1.03. The van der Waals surface area contributed by atoms with Crippen LogP contribution in [0.4, 0.5) is 11.6 Å². The Bertz CT molecular complexity index is 604. The van der Waals surface area contributed by atoms with Gasteiger partial charge in [0.05, 0.1) is 0 Å². The highest BCUT2D eigenvalue weighted by Crippen LogP contribution is 2.22. The second kappa shape index (κ2) is 9.88. The van der Waals surface area contributed by atoms with Gasteiger partial charge in [-0.25, -0.2) is 9.97 Å². The molecule has 5 nitrogen and oxygen atoms in total. The summed E-state index contributed by atoms with van der Waals surface area (Å²) in [6, 6.07) is 12.1. The Kier molecular flexibility index (Phi) is 7.49. The van der Waals surface area contributed by atoms with Gasteiger partial charge in [-0.3, -0.25) is 0 Å². The molecule has 1 heterocycles. The second-order valence-corrected chi connectivity index (χ2v) is 5.85. The lowest BCUT2D eigenvalue weighted by atomic mass is 10.2. The molecule has 0 aliphatic rings. The minimum absolute atomic E-state index is 0.743. The summed E-state index contributed by atoms with van der Waals surface area (Å²) in [6.45, 7) is 4.76. The third kappa shape index (κ3) is 5.49. The summed E-state index contributed by atoms with van der Waals surface area (Å²) in [4.78, 5) is 11.6. The molecular formula is C19H28N4O. The Balaban J connectivity index is 2.22. The molecule has 5 heteroatoms. The molecule has 0 saturated carbocycles. The van der Waals surface area contributed by atoms with E-state index >= 15 is 0 Å².